The van der Waals surface area contributed by atoms with Crippen LogP contribution in [0.4, 0.5) is 0 Å². The summed E-state index contributed by atoms with van der Waals surface area (Å²) >= 11 is 0. The predicted molar refractivity (Wildman–Crippen MR) is 60.7 cm³/mol. The molecule has 0 saturated carbocycles. The number of aromatic amines is 2. The molecule has 0 spiro atoms. The van der Waals surface area contributed by atoms with Crippen LogP contribution < -0.4 is 11.1 Å². The molecule has 0 atom stereocenters. The highest BCUT2D eigenvalue weighted by Gasteiger charge is 2.16. The second-order valence-corrected chi connectivity index (χ2v) is 3.51. The first-order chi connectivity index (χ1) is 8.27. The van der Waals surface area contributed by atoms with Gasteiger partial charge in [0.1, 0.15) is 11.1 Å². The molecule has 0 fully saturated rings. The minimum Gasteiger partial charge on any atom is -0.349 e. The molecule has 0 unspecified atom stereocenters. The van der Waals surface area contributed by atoms with Gasteiger partial charge in [-0.2, -0.15) is 0 Å². The van der Waals surface area contributed by atoms with Crippen molar-refractivity contribution in [3.05, 3.63) is 51.0 Å². The molecule has 0 aliphatic rings. The molecule has 2 N–H and O–H groups in total. The van der Waals surface area contributed by atoms with E-state index in [0.29, 0.717) is 5.69 Å². The summed E-state index contributed by atoms with van der Waals surface area (Å²) in [6.07, 6.45) is 0. The molecular formula is C11H7N3O3. The van der Waals surface area contributed by atoms with Crippen LogP contribution in [0.2, 0.25) is 0 Å². The van der Waals surface area contributed by atoms with E-state index in [0.717, 1.165) is 5.56 Å². The van der Waals surface area contributed by atoms with Gasteiger partial charge in [-0.1, -0.05) is 35.5 Å². The fourth-order valence-corrected chi connectivity index (χ4v) is 1.68. The van der Waals surface area contributed by atoms with Gasteiger partial charge in [-0.3, -0.25) is 19.8 Å². The topological polar surface area (TPSA) is 91.8 Å². The molecule has 1 aromatic carbocycles. The Labute approximate surface area is 93.9 Å². The van der Waals surface area contributed by atoms with Gasteiger partial charge >= 0.3 is 5.56 Å². The van der Waals surface area contributed by atoms with Crippen LogP contribution >= 0.6 is 0 Å². The van der Waals surface area contributed by atoms with Crippen molar-refractivity contribution in [2.24, 2.45) is 0 Å². The van der Waals surface area contributed by atoms with Gasteiger partial charge in [0, 0.05) is 5.56 Å². The third kappa shape index (κ3) is 1.38. The zero-order chi connectivity index (χ0) is 11.8. The Kier molecular flexibility index (Phi) is 1.94. The second-order valence-electron chi connectivity index (χ2n) is 3.51. The zero-order valence-electron chi connectivity index (χ0n) is 8.56. The van der Waals surface area contributed by atoms with Crippen LogP contribution in [0.1, 0.15) is 0 Å². The van der Waals surface area contributed by atoms with Crippen LogP contribution in [-0.4, -0.2) is 15.4 Å². The van der Waals surface area contributed by atoms with Crippen LogP contribution in [0.15, 0.2) is 44.4 Å². The Bertz CT molecular complexity index is 783. The van der Waals surface area contributed by atoms with E-state index in [9.17, 15) is 9.59 Å². The monoisotopic (exact) mass is 229 g/mol. The highest BCUT2D eigenvalue weighted by molar-refractivity contribution is 5.89. The number of nitrogens with zero attached hydrogens (tertiary/aromatic N) is 1. The van der Waals surface area contributed by atoms with Crippen molar-refractivity contribution in [3.8, 4) is 11.3 Å². The van der Waals surface area contributed by atoms with E-state index in [4.69, 9.17) is 4.52 Å². The van der Waals surface area contributed by atoms with Crippen molar-refractivity contribution in [2.45, 2.75) is 0 Å². The summed E-state index contributed by atoms with van der Waals surface area (Å²) < 4.78 is 4.90. The summed E-state index contributed by atoms with van der Waals surface area (Å²) in [5.41, 5.74) is 0.0943. The van der Waals surface area contributed by atoms with Crippen LogP contribution in [0.3, 0.4) is 0 Å². The van der Waals surface area contributed by atoms with Gasteiger partial charge in [0.05, 0.1) is 0 Å². The molecule has 0 aliphatic carbocycles. The number of H-pyrrole nitrogens is 2. The third-order valence-electron chi connectivity index (χ3n) is 2.46. The maximum atomic E-state index is 11.7. The molecule has 84 valence electrons. The summed E-state index contributed by atoms with van der Waals surface area (Å²) in [6, 6.07) is 9.06. The van der Waals surface area contributed by atoms with Crippen LogP contribution in [-0.2, 0) is 0 Å². The van der Waals surface area contributed by atoms with E-state index in [-0.39, 0.29) is 11.0 Å². The maximum absolute atomic E-state index is 11.7. The highest BCUT2D eigenvalue weighted by Crippen LogP contribution is 2.22. The van der Waals surface area contributed by atoms with Gasteiger partial charge in [0.15, 0.2) is 0 Å². The number of hydrogen-bond donors (Lipinski definition) is 2. The average Bonchev–Trinajstić information content (AvgIpc) is 2.81. The van der Waals surface area contributed by atoms with Crippen molar-refractivity contribution >= 4 is 11.0 Å². The van der Waals surface area contributed by atoms with E-state index in [1.165, 1.54) is 0 Å². The molecule has 0 saturated heterocycles. The van der Waals surface area contributed by atoms with E-state index < -0.39 is 11.1 Å². The first-order valence-electron chi connectivity index (χ1n) is 4.93. The highest BCUT2D eigenvalue weighted by atomic mass is 16.5. The molecule has 3 rings (SSSR count). The molecule has 2 aromatic heterocycles. The van der Waals surface area contributed by atoms with E-state index >= 15 is 0 Å². The smallest absolute Gasteiger partial charge is 0.309 e. The normalized spacial score (nSPS) is 10.8. The van der Waals surface area contributed by atoms with Gasteiger partial charge in [0.2, 0.25) is 5.58 Å². The lowest BCUT2D eigenvalue weighted by Gasteiger charge is -1.93. The molecular weight excluding hydrogens is 222 g/mol. The number of benzene rings is 1. The number of hydrogen-bond acceptors (Lipinski definition) is 4. The summed E-state index contributed by atoms with van der Waals surface area (Å²) in [5, 5.41) is 8.37. The van der Waals surface area contributed by atoms with E-state index in [1.54, 1.807) is 12.1 Å². The first-order valence-corrected chi connectivity index (χ1v) is 4.93. The number of rotatable bonds is 1. The number of fused-ring (bicyclic) bond motifs is 1. The summed E-state index contributed by atoms with van der Waals surface area (Å²) in [5.74, 6) is 0. The summed E-state index contributed by atoms with van der Waals surface area (Å²) in [7, 11) is 0. The Morgan fingerprint density at radius 2 is 1.71 bits per heavy atom. The lowest BCUT2D eigenvalue weighted by Crippen LogP contribution is -2.17. The summed E-state index contributed by atoms with van der Waals surface area (Å²) in [6.45, 7) is 0. The van der Waals surface area contributed by atoms with Crippen molar-refractivity contribution in [2.75, 3.05) is 0 Å². The van der Waals surface area contributed by atoms with Crippen molar-refractivity contribution in [1.29, 1.82) is 0 Å². The van der Waals surface area contributed by atoms with E-state index in [1.807, 2.05) is 18.2 Å². The molecule has 0 aliphatic heterocycles. The van der Waals surface area contributed by atoms with Crippen molar-refractivity contribution in [1.82, 2.24) is 15.4 Å². The standard InChI is InChI=1S/C11H7N3O3/c15-10-7-8(6-4-2-1-3-5-6)14-17-9(7)11(16)13-12-10/h1-5H,(H,12,15)(H,13,16). The largest absolute Gasteiger partial charge is 0.349 e. The lowest BCUT2D eigenvalue weighted by atomic mass is 10.1. The molecule has 0 radical (unpaired) electrons. The van der Waals surface area contributed by atoms with Gasteiger partial charge in [-0.05, 0) is 0 Å². The third-order valence-corrected chi connectivity index (χ3v) is 2.46. The van der Waals surface area contributed by atoms with Gasteiger partial charge in [-0.25, -0.2) is 0 Å². The second kappa shape index (κ2) is 3.44. The predicted octanol–water partition coefficient (Wildman–Crippen LogP) is 0.871. The molecule has 0 amide bonds. The van der Waals surface area contributed by atoms with Crippen LogP contribution in [0, 0.1) is 0 Å². The minimum absolute atomic E-state index is 0.0624. The molecule has 6 heteroatoms. The Hall–Kier alpha value is -2.63. The molecule has 2 heterocycles. The zero-order valence-corrected chi connectivity index (χ0v) is 8.56. The Morgan fingerprint density at radius 1 is 1.00 bits per heavy atom. The van der Waals surface area contributed by atoms with Crippen LogP contribution in [0.5, 0.6) is 0 Å². The Morgan fingerprint density at radius 3 is 2.47 bits per heavy atom. The number of nitrogens with one attached hydrogen (secondary N) is 2. The van der Waals surface area contributed by atoms with Gasteiger partial charge in [-0.15, -0.1) is 0 Å². The van der Waals surface area contributed by atoms with Gasteiger partial charge < -0.3 is 4.52 Å². The van der Waals surface area contributed by atoms with Crippen molar-refractivity contribution in [3.63, 3.8) is 0 Å². The fourth-order valence-electron chi connectivity index (χ4n) is 1.68. The molecule has 0 bridgehead atoms. The maximum Gasteiger partial charge on any atom is 0.309 e. The SMILES string of the molecule is O=c1[nH][nH]c(=O)c2c(-c3ccccc3)noc12. The quantitative estimate of drug-likeness (QED) is 0.647. The van der Waals surface area contributed by atoms with Crippen molar-refractivity contribution < 1.29 is 4.52 Å². The van der Waals surface area contributed by atoms with Crippen LogP contribution in [0.25, 0.3) is 22.2 Å². The Balaban J connectivity index is 2.44. The fraction of sp³-hybridized carbons (Fsp3) is 0. The minimum atomic E-state index is -0.505. The molecule has 3 aromatic rings. The number of aromatic nitrogens is 3. The molecule has 6 nitrogen and oxygen atoms in total. The van der Waals surface area contributed by atoms with Gasteiger partial charge in [0.25, 0.3) is 5.56 Å². The molecule has 17 heavy (non-hydrogen) atoms. The van der Waals surface area contributed by atoms with E-state index in [2.05, 4.69) is 15.4 Å². The average molecular weight is 229 g/mol. The summed E-state index contributed by atoms with van der Waals surface area (Å²) in [4.78, 5) is 23.1. The lowest BCUT2D eigenvalue weighted by molar-refractivity contribution is 0.456. The first kappa shape index (κ1) is 9.59.